The summed E-state index contributed by atoms with van der Waals surface area (Å²) in [5, 5.41) is 5.01. The summed E-state index contributed by atoms with van der Waals surface area (Å²) in [5.74, 6) is 0. The van der Waals surface area contributed by atoms with Gasteiger partial charge < -0.3 is 10.9 Å². The van der Waals surface area contributed by atoms with Crippen molar-refractivity contribution >= 4 is 21.4 Å². The molecule has 0 aromatic heterocycles. The second-order valence-electron chi connectivity index (χ2n) is 3.69. The SMILES string of the molecule is NS(=O)(=O)c1ccc(NNc2ccccc2)cc1. The molecule has 5 nitrogen and oxygen atoms in total. The average molecular weight is 263 g/mol. The molecule has 4 N–H and O–H groups in total. The number of nitrogens with one attached hydrogen (secondary N) is 2. The summed E-state index contributed by atoms with van der Waals surface area (Å²) in [6.07, 6.45) is 0. The van der Waals surface area contributed by atoms with E-state index < -0.39 is 10.0 Å². The van der Waals surface area contributed by atoms with Gasteiger partial charge in [0.05, 0.1) is 16.3 Å². The molecule has 0 heterocycles. The Hall–Kier alpha value is -2.05. The van der Waals surface area contributed by atoms with Crippen molar-refractivity contribution in [2.45, 2.75) is 4.90 Å². The van der Waals surface area contributed by atoms with Crippen molar-refractivity contribution in [2.75, 3.05) is 10.9 Å². The van der Waals surface area contributed by atoms with Gasteiger partial charge in [0.1, 0.15) is 0 Å². The highest BCUT2D eigenvalue weighted by molar-refractivity contribution is 7.89. The number of hydrogen-bond acceptors (Lipinski definition) is 4. The maximum atomic E-state index is 11.1. The maximum Gasteiger partial charge on any atom is 0.238 e. The van der Waals surface area contributed by atoms with Crippen LogP contribution < -0.4 is 16.0 Å². The maximum absolute atomic E-state index is 11.1. The molecule has 2 rings (SSSR count). The number of rotatable bonds is 4. The van der Waals surface area contributed by atoms with E-state index in [9.17, 15) is 8.42 Å². The number of sulfonamides is 1. The summed E-state index contributed by atoms with van der Waals surface area (Å²) >= 11 is 0. The van der Waals surface area contributed by atoms with E-state index in [0.717, 1.165) is 11.4 Å². The van der Waals surface area contributed by atoms with Crippen LogP contribution in [-0.2, 0) is 10.0 Å². The van der Waals surface area contributed by atoms with Crippen molar-refractivity contribution in [3.8, 4) is 0 Å². The molecule has 94 valence electrons. The number of benzene rings is 2. The van der Waals surface area contributed by atoms with Crippen molar-refractivity contribution < 1.29 is 8.42 Å². The van der Waals surface area contributed by atoms with Crippen molar-refractivity contribution in [3.05, 3.63) is 54.6 Å². The van der Waals surface area contributed by atoms with Gasteiger partial charge in [0.25, 0.3) is 0 Å². The summed E-state index contributed by atoms with van der Waals surface area (Å²) in [6, 6.07) is 15.7. The number of para-hydroxylation sites is 1. The van der Waals surface area contributed by atoms with E-state index in [4.69, 9.17) is 5.14 Å². The van der Waals surface area contributed by atoms with Gasteiger partial charge in [-0.05, 0) is 36.4 Å². The van der Waals surface area contributed by atoms with Crippen LogP contribution in [0.25, 0.3) is 0 Å². The normalized spacial score (nSPS) is 10.9. The molecule has 0 saturated heterocycles. The molecule has 6 heteroatoms. The van der Waals surface area contributed by atoms with Gasteiger partial charge in [0.2, 0.25) is 10.0 Å². The predicted octanol–water partition coefficient (Wildman–Crippen LogP) is 1.77. The Morgan fingerprint density at radius 2 is 1.28 bits per heavy atom. The summed E-state index contributed by atoms with van der Waals surface area (Å²) in [4.78, 5) is 0.0905. The third kappa shape index (κ3) is 3.22. The van der Waals surface area contributed by atoms with Gasteiger partial charge in [-0.25, -0.2) is 13.6 Å². The third-order valence-corrected chi connectivity index (χ3v) is 3.24. The van der Waals surface area contributed by atoms with E-state index in [1.54, 1.807) is 12.1 Å². The van der Waals surface area contributed by atoms with Gasteiger partial charge in [-0.2, -0.15) is 0 Å². The summed E-state index contributed by atoms with van der Waals surface area (Å²) in [6.45, 7) is 0. The highest BCUT2D eigenvalue weighted by Gasteiger charge is 2.06. The first-order chi connectivity index (χ1) is 8.55. The fourth-order valence-electron chi connectivity index (χ4n) is 1.39. The van der Waals surface area contributed by atoms with Crippen molar-refractivity contribution in [2.24, 2.45) is 5.14 Å². The van der Waals surface area contributed by atoms with Crippen LogP contribution in [0.2, 0.25) is 0 Å². The highest BCUT2D eigenvalue weighted by atomic mass is 32.2. The number of anilines is 2. The molecule has 0 saturated carbocycles. The molecular formula is C12H13N3O2S. The molecule has 0 fully saturated rings. The Bertz CT molecular complexity index is 610. The van der Waals surface area contributed by atoms with E-state index in [2.05, 4.69) is 10.9 Å². The van der Waals surface area contributed by atoms with Crippen LogP contribution in [-0.4, -0.2) is 8.42 Å². The molecule has 18 heavy (non-hydrogen) atoms. The quantitative estimate of drug-likeness (QED) is 0.734. The first-order valence-electron chi connectivity index (χ1n) is 5.26. The molecule has 2 aromatic carbocycles. The molecule has 0 aliphatic heterocycles. The zero-order chi connectivity index (χ0) is 13.0. The Kier molecular flexibility index (Phi) is 3.50. The Morgan fingerprint density at radius 1 is 0.778 bits per heavy atom. The number of primary sulfonamides is 1. The standard InChI is InChI=1S/C12H13N3O2S/c13-18(16,17)12-8-6-11(7-9-12)15-14-10-4-2-1-3-5-10/h1-9,14-15H,(H2,13,16,17). The van der Waals surface area contributed by atoms with Gasteiger partial charge in [-0.15, -0.1) is 0 Å². The lowest BCUT2D eigenvalue weighted by Crippen LogP contribution is -2.12. The van der Waals surface area contributed by atoms with Crippen molar-refractivity contribution in [3.63, 3.8) is 0 Å². The molecule has 0 amide bonds. The number of nitrogens with two attached hydrogens (primary N) is 1. The van der Waals surface area contributed by atoms with Crippen LogP contribution in [0.1, 0.15) is 0 Å². The molecular weight excluding hydrogens is 250 g/mol. The van der Waals surface area contributed by atoms with Crippen LogP contribution in [0.15, 0.2) is 59.5 Å². The summed E-state index contributed by atoms with van der Waals surface area (Å²) in [5.41, 5.74) is 7.59. The molecule has 0 spiro atoms. The molecule has 2 aromatic rings. The van der Waals surface area contributed by atoms with Gasteiger partial charge in [-0.1, -0.05) is 18.2 Å². The second-order valence-corrected chi connectivity index (χ2v) is 5.25. The van der Waals surface area contributed by atoms with Gasteiger partial charge in [0, 0.05) is 0 Å². The van der Waals surface area contributed by atoms with Crippen LogP contribution in [0.3, 0.4) is 0 Å². The Labute approximate surface area is 106 Å². The molecule has 0 atom stereocenters. The lowest BCUT2D eigenvalue weighted by Gasteiger charge is -2.09. The number of hydrogen-bond donors (Lipinski definition) is 3. The van der Waals surface area contributed by atoms with Gasteiger partial charge in [-0.3, -0.25) is 0 Å². The first-order valence-corrected chi connectivity index (χ1v) is 6.80. The predicted molar refractivity (Wildman–Crippen MR) is 71.5 cm³/mol. The molecule has 0 aliphatic carbocycles. The fraction of sp³-hybridized carbons (Fsp3) is 0. The van der Waals surface area contributed by atoms with Crippen LogP contribution in [0.4, 0.5) is 11.4 Å². The Morgan fingerprint density at radius 3 is 1.78 bits per heavy atom. The molecule has 0 bridgehead atoms. The first kappa shape index (κ1) is 12.4. The van der Waals surface area contributed by atoms with E-state index in [0.29, 0.717) is 0 Å². The van der Waals surface area contributed by atoms with Crippen LogP contribution in [0, 0.1) is 0 Å². The second kappa shape index (κ2) is 5.07. The van der Waals surface area contributed by atoms with Crippen molar-refractivity contribution in [1.29, 1.82) is 0 Å². The van der Waals surface area contributed by atoms with E-state index >= 15 is 0 Å². The smallest absolute Gasteiger partial charge is 0.238 e. The fourth-order valence-corrected chi connectivity index (χ4v) is 1.91. The summed E-state index contributed by atoms with van der Waals surface area (Å²) < 4.78 is 22.1. The lowest BCUT2D eigenvalue weighted by molar-refractivity contribution is 0.598. The average Bonchev–Trinajstić information content (AvgIpc) is 2.37. The van der Waals surface area contributed by atoms with Crippen LogP contribution >= 0.6 is 0 Å². The van der Waals surface area contributed by atoms with Crippen LogP contribution in [0.5, 0.6) is 0 Å². The monoisotopic (exact) mass is 263 g/mol. The van der Waals surface area contributed by atoms with E-state index in [1.165, 1.54) is 12.1 Å². The molecule has 0 unspecified atom stereocenters. The zero-order valence-electron chi connectivity index (χ0n) is 9.50. The Balaban J connectivity index is 2.03. The lowest BCUT2D eigenvalue weighted by atomic mass is 10.3. The third-order valence-electron chi connectivity index (χ3n) is 2.31. The highest BCUT2D eigenvalue weighted by Crippen LogP contribution is 2.13. The van der Waals surface area contributed by atoms with Gasteiger partial charge >= 0.3 is 0 Å². The van der Waals surface area contributed by atoms with E-state index in [1.807, 2.05) is 30.3 Å². The van der Waals surface area contributed by atoms with Gasteiger partial charge in [0.15, 0.2) is 0 Å². The minimum atomic E-state index is -3.63. The largest absolute Gasteiger partial charge is 0.301 e. The van der Waals surface area contributed by atoms with E-state index in [-0.39, 0.29) is 4.90 Å². The summed E-state index contributed by atoms with van der Waals surface area (Å²) in [7, 11) is -3.63. The van der Waals surface area contributed by atoms with Crippen molar-refractivity contribution in [1.82, 2.24) is 0 Å². The topological polar surface area (TPSA) is 84.2 Å². The molecule has 0 aliphatic rings. The minimum Gasteiger partial charge on any atom is -0.301 e. The zero-order valence-corrected chi connectivity index (χ0v) is 10.3. The number of hydrazine groups is 1. The minimum absolute atomic E-state index is 0.0905. The molecule has 0 radical (unpaired) electrons.